The highest BCUT2D eigenvalue weighted by molar-refractivity contribution is 5.77. The van der Waals surface area contributed by atoms with Crippen LogP contribution in [0.25, 0.3) is 0 Å². The minimum atomic E-state index is 0.245. The Morgan fingerprint density at radius 3 is 2.52 bits per heavy atom. The summed E-state index contributed by atoms with van der Waals surface area (Å²) in [7, 11) is 4.12. The molecule has 1 amide bonds. The van der Waals surface area contributed by atoms with Crippen LogP contribution in [0.2, 0.25) is 0 Å². The number of benzene rings is 1. The first-order valence-corrected chi connectivity index (χ1v) is 11.8. The maximum atomic E-state index is 13.1. The van der Waals surface area contributed by atoms with Crippen molar-refractivity contribution < 1.29 is 4.79 Å². The van der Waals surface area contributed by atoms with Crippen LogP contribution in [-0.4, -0.2) is 76.7 Å². The third-order valence-corrected chi connectivity index (χ3v) is 7.86. The van der Waals surface area contributed by atoms with Crippen LogP contribution in [0.15, 0.2) is 36.7 Å². The van der Waals surface area contributed by atoms with Gasteiger partial charge in [-0.05, 0) is 61.9 Å². The first-order valence-electron chi connectivity index (χ1n) is 11.8. The molecule has 1 spiro atoms. The lowest BCUT2D eigenvalue weighted by Crippen LogP contribution is -2.47. The summed E-state index contributed by atoms with van der Waals surface area (Å²) in [6.45, 7) is 6.94. The van der Waals surface area contributed by atoms with E-state index in [1.165, 1.54) is 29.5 Å². The summed E-state index contributed by atoms with van der Waals surface area (Å²) >= 11 is 0. The smallest absolute Gasteiger partial charge is 0.223 e. The first kappa shape index (κ1) is 20.7. The molecule has 0 unspecified atom stereocenters. The number of carbonyl (C=O) groups is 1. The number of nitrogens with zero attached hydrogens (tertiary/aromatic N) is 5. The van der Waals surface area contributed by atoms with Crippen molar-refractivity contribution in [2.24, 2.45) is 7.05 Å². The Morgan fingerprint density at radius 2 is 1.81 bits per heavy atom. The predicted octanol–water partition coefficient (Wildman–Crippen LogP) is 2.61. The molecule has 0 N–H and O–H groups in total. The van der Waals surface area contributed by atoms with Gasteiger partial charge in [-0.1, -0.05) is 24.3 Å². The molecule has 166 valence electrons. The number of amides is 1. The van der Waals surface area contributed by atoms with Gasteiger partial charge in [-0.2, -0.15) is 5.10 Å². The molecule has 1 aromatic heterocycles. The van der Waals surface area contributed by atoms with Crippen LogP contribution >= 0.6 is 0 Å². The molecule has 0 bridgehead atoms. The third-order valence-electron chi connectivity index (χ3n) is 7.86. The van der Waals surface area contributed by atoms with E-state index in [2.05, 4.69) is 57.3 Å². The number of piperidine rings is 1. The molecule has 6 nitrogen and oxygen atoms in total. The van der Waals surface area contributed by atoms with E-state index in [1.54, 1.807) is 0 Å². The van der Waals surface area contributed by atoms with Crippen molar-refractivity contribution in [3.63, 3.8) is 0 Å². The van der Waals surface area contributed by atoms with Crippen molar-refractivity contribution in [3.05, 3.63) is 53.3 Å². The van der Waals surface area contributed by atoms with Crippen LogP contribution in [0.1, 0.15) is 48.3 Å². The Balaban J connectivity index is 1.26. The van der Waals surface area contributed by atoms with E-state index in [0.717, 1.165) is 52.2 Å². The van der Waals surface area contributed by atoms with Crippen molar-refractivity contribution in [3.8, 4) is 0 Å². The summed E-state index contributed by atoms with van der Waals surface area (Å²) in [6.07, 6.45) is 8.27. The number of hydrogen-bond acceptors (Lipinski definition) is 4. The van der Waals surface area contributed by atoms with Gasteiger partial charge in [0.05, 0.1) is 6.20 Å². The number of likely N-dealkylation sites (N-methyl/N-ethyl adjacent to an activating group) is 1. The molecule has 31 heavy (non-hydrogen) atoms. The molecule has 1 atom stereocenters. The van der Waals surface area contributed by atoms with E-state index < -0.39 is 0 Å². The lowest BCUT2D eigenvalue weighted by molar-refractivity contribution is -0.133. The van der Waals surface area contributed by atoms with Crippen molar-refractivity contribution in [1.82, 2.24) is 24.5 Å². The second-order valence-electron chi connectivity index (χ2n) is 9.96. The normalized spacial score (nSPS) is 23.9. The summed E-state index contributed by atoms with van der Waals surface area (Å²) in [6, 6.07) is 8.97. The second kappa shape index (κ2) is 8.40. The zero-order chi connectivity index (χ0) is 21.4. The van der Waals surface area contributed by atoms with Gasteiger partial charge in [0.25, 0.3) is 0 Å². The van der Waals surface area contributed by atoms with Gasteiger partial charge in [-0.3, -0.25) is 14.4 Å². The summed E-state index contributed by atoms with van der Waals surface area (Å²) in [4.78, 5) is 20.0. The fourth-order valence-corrected chi connectivity index (χ4v) is 6.03. The quantitative estimate of drug-likeness (QED) is 0.761. The van der Waals surface area contributed by atoms with E-state index in [1.807, 2.05) is 17.9 Å². The largest absolute Gasteiger partial charge is 0.340 e. The van der Waals surface area contributed by atoms with E-state index in [0.29, 0.717) is 18.2 Å². The number of likely N-dealkylation sites (tertiary alicyclic amines) is 1. The molecule has 2 aromatic rings. The molecule has 6 heteroatoms. The molecule has 0 radical (unpaired) electrons. The van der Waals surface area contributed by atoms with Crippen molar-refractivity contribution in [1.29, 1.82) is 0 Å². The van der Waals surface area contributed by atoms with Gasteiger partial charge in [-0.25, -0.2) is 0 Å². The Bertz CT molecular complexity index is 921. The number of fused-ring (bicyclic) bond motifs is 2. The van der Waals surface area contributed by atoms with Crippen molar-refractivity contribution in [2.45, 2.75) is 43.6 Å². The summed E-state index contributed by atoms with van der Waals surface area (Å²) in [5.74, 6) is 0.715. The van der Waals surface area contributed by atoms with E-state index in [-0.39, 0.29) is 5.41 Å². The third kappa shape index (κ3) is 4.15. The molecule has 1 aromatic carbocycles. The first-order chi connectivity index (χ1) is 15.0. The Hall–Kier alpha value is -2.18. The fourth-order valence-electron chi connectivity index (χ4n) is 6.03. The van der Waals surface area contributed by atoms with Gasteiger partial charge in [0, 0.05) is 58.0 Å². The van der Waals surface area contributed by atoms with Crippen LogP contribution in [0.4, 0.5) is 0 Å². The highest BCUT2D eigenvalue weighted by atomic mass is 16.2. The molecule has 0 saturated carbocycles. The minimum Gasteiger partial charge on any atom is -0.340 e. The van der Waals surface area contributed by atoms with Gasteiger partial charge in [0.15, 0.2) is 0 Å². The lowest BCUT2D eigenvalue weighted by Gasteiger charge is -2.40. The maximum Gasteiger partial charge on any atom is 0.223 e. The van der Waals surface area contributed by atoms with Crippen LogP contribution in [0.5, 0.6) is 0 Å². The van der Waals surface area contributed by atoms with Gasteiger partial charge in [0.1, 0.15) is 0 Å². The monoisotopic (exact) mass is 421 g/mol. The van der Waals surface area contributed by atoms with Crippen LogP contribution in [-0.2, 0) is 23.8 Å². The Labute approximate surface area is 185 Å². The fraction of sp³-hybridized carbons (Fsp3) is 0.600. The molecule has 3 aliphatic rings. The lowest BCUT2D eigenvalue weighted by atomic mass is 9.73. The molecule has 5 rings (SSSR count). The average Bonchev–Trinajstić information content (AvgIpc) is 3.32. The summed E-state index contributed by atoms with van der Waals surface area (Å²) < 4.78 is 1.88. The SMILES string of the molecule is CN1CCN(C(=O)C[C@H]2CC3(CCN(Cc4cnn(C)c4)CC3)c3ccccc32)CC1. The number of aromatic nitrogens is 2. The van der Waals surface area contributed by atoms with Gasteiger partial charge < -0.3 is 9.80 Å². The van der Waals surface area contributed by atoms with Crippen LogP contribution < -0.4 is 0 Å². The Morgan fingerprint density at radius 1 is 1.06 bits per heavy atom. The maximum absolute atomic E-state index is 13.1. The van der Waals surface area contributed by atoms with E-state index in [4.69, 9.17) is 0 Å². The van der Waals surface area contributed by atoms with Crippen molar-refractivity contribution in [2.75, 3.05) is 46.3 Å². The standard InChI is InChI=1S/C25H35N5O/c1-27-11-13-30(14-12-27)24(31)15-21-16-25(23-6-4-3-5-22(21)23)7-9-29(10-8-25)19-20-17-26-28(2)18-20/h3-6,17-18,21H,7-16,19H2,1-2H3/t21-/m0/s1. The van der Waals surface area contributed by atoms with E-state index in [9.17, 15) is 4.79 Å². The highest BCUT2D eigenvalue weighted by Crippen LogP contribution is 2.52. The van der Waals surface area contributed by atoms with Gasteiger partial charge >= 0.3 is 0 Å². The molecule has 2 aliphatic heterocycles. The minimum absolute atomic E-state index is 0.245. The highest BCUT2D eigenvalue weighted by Gasteiger charge is 2.45. The zero-order valence-corrected chi connectivity index (χ0v) is 19.0. The van der Waals surface area contributed by atoms with Crippen LogP contribution in [0, 0.1) is 0 Å². The van der Waals surface area contributed by atoms with Crippen molar-refractivity contribution >= 4 is 5.91 Å². The Kier molecular flexibility index (Phi) is 5.61. The topological polar surface area (TPSA) is 44.6 Å². The molecule has 1 aliphatic carbocycles. The molecular formula is C25H35N5O. The van der Waals surface area contributed by atoms with Crippen LogP contribution in [0.3, 0.4) is 0 Å². The van der Waals surface area contributed by atoms with Gasteiger partial charge in [0.2, 0.25) is 5.91 Å². The predicted molar refractivity (Wildman–Crippen MR) is 122 cm³/mol. The zero-order valence-electron chi connectivity index (χ0n) is 19.0. The average molecular weight is 422 g/mol. The number of aryl methyl sites for hydroxylation is 1. The van der Waals surface area contributed by atoms with E-state index >= 15 is 0 Å². The molecule has 3 heterocycles. The number of rotatable bonds is 4. The van der Waals surface area contributed by atoms with Gasteiger partial charge in [-0.15, -0.1) is 0 Å². The second-order valence-corrected chi connectivity index (χ2v) is 9.96. The number of carbonyl (C=O) groups excluding carboxylic acids is 1. The molecular weight excluding hydrogens is 386 g/mol. The molecule has 2 saturated heterocycles. The summed E-state index contributed by atoms with van der Waals surface area (Å²) in [5, 5.41) is 4.31. The molecule has 2 fully saturated rings. The number of piperazine rings is 1. The summed E-state index contributed by atoms with van der Waals surface area (Å²) in [5.41, 5.74) is 4.49. The number of hydrogen-bond donors (Lipinski definition) is 0.